The van der Waals surface area contributed by atoms with Crippen molar-refractivity contribution in [2.75, 3.05) is 0 Å². The molecule has 2 saturated carbocycles. The predicted octanol–water partition coefficient (Wildman–Crippen LogP) is 5.60. The fourth-order valence-corrected chi connectivity index (χ4v) is 3.77. The summed E-state index contributed by atoms with van der Waals surface area (Å²) in [5, 5.41) is -4.64. The van der Waals surface area contributed by atoms with Gasteiger partial charge in [-0.2, -0.15) is 43.9 Å². The molecule has 2 aliphatic carbocycles. The predicted molar refractivity (Wildman–Crippen MR) is 65.0 cm³/mol. The lowest BCUT2D eigenvalue weighted by Crippen LogP contribution is -2.98. The number of rotatable bonds is 0. The number of alkyl halides is 15. The van der Waals surface area contributed by atoms with E-state index in [-0.39, 0.29) is 0 Å². The summed E-state index contributed by atoms with van der Waals surface area (Å²) < 4.78 is 211. The van der Waals surface area contributed by atoms with Crippen molar-refractivity contribution in [1.82, 2.24) is 0 Å². The Labute approximate surface area is 148 Å². The molecule has 16 heteroatoms. The zero-order chi connectivity index (χ0) is 23.0. The topological polar surface area (TPSA) is 0 Å². The second-order valence-corrected chi connectivity index (χ2v) is 8.12. The zero-order valence-corrected chi connectivity index (χ0v) is 14.4. The normalized spacial score (nSPS) is 49.9. The van der Waals surface area contributed by atoms with Gasteiger partial charge in [-0.3, -0.25) is 0 Å². The van der Waals surface area contributed by atoms with E-state index in [0.717, 1.165) is 0 Å². The highest BCUT2D eigenvalue weighted by molar-refractivity contribution is 7.19. The van der Waals surface area contributed by atoms with E-state index < -0.39 is 71.5 Å². The average molecular weight is 468 g/mol. The Hall–Kier alpha value is -0.620. The van der Waals surface area contributed by atoms with Crippen molar-refractivity contribution in [1.29, 1.82) is 0 Å². The van der Waals surface area contributed by atoms with Gasteiger partial charge in [-0.15, -0.1) is 9.24 Å². The Balaban J connectivity index is 3.23. The molecule has 5 atom stereocenters. The monoisotopic (exact) mass is 468 g/mol. The SMILES string of the molecule is CC1(F)C(F)(F)C2(F)C(F)(F)C(F)(F)C(F)(F)C(F)(F)C2(F)C(F)(F)C1(C)P. The van der Waals surface area contributed by atoms with Crippen molar-refractivity contribution in [3.63, 3.8) is 0 Å². The first kappa shape index (κ1) is 23.7. The lowest BCUT2D eigenvalue weighted by molar-refractivity contribution is -0.528. The minimum Gasteiger partial charge on any atom is -0.236 e. The van der Waals surface area contributed by atoms with Crippen LogP contribution in [-0.4, -0.2) is 57.7 Å². The quantitative estimate of drug-likeness (QED) is 0.321. The molecular formula is C12H8F15P. The Bertz CT molecular complexity index is 594. The van der Waals surface area contributed by atoms with E-state index in [1.165, 1.54) is 0 Å². The van der Waals surface area contributed by atoms with Gasteiger partial charge in [0.2, 0.25) is 0 Å². The molecule has 0 saturated heterocycles. The van der Waals surface area contributed by atoms with Crippen LogP contribution in [0, 0.1) is 0 Å². The van der Waals surface area contributed by atoms with Gasteiger partial charge in [0.15, 0.2) is 5.67 Å². The minimum absolute atomic E-state index is 0.353. The summed E-state index contributed by atoms with van der Waals surface area (Å²) in [4.78, 5) is 0. The van der Waals surface area contributed by atoms with Gasteiger partial charge in [0.05, 0.1) is 5.16 Å². The average Bonchev–Trinajstić information content (AvgIpc) is 2.49. The van der Waals surface area contributed by atoms with Gasteiger partial charge in [0, 0.05) is 0 Å². The fourth-order valence-electron chi connectivity index (χ4n) is 3.39. The fraction of sp³-hybridized carbons (Fsp3) is 1.00. The van der Waals surface area contributed by atoms with E-state index in [9.17, 15) is 65.9 Å². The van der Waals surface area contributed by atoms with Crippen LogP contribution >= 0.6 is 9.24 Å². The molecule has 0 spiro atoms. The van der Waals surface area contributed by atoms with Crippen LogP contribution in [0.3, 0.4) is 0 Å². The van der Waals surface area contributed by atoms with Gasteiger partial charge in [-0.1, -0.05) is 0 Å². The van der Waals surface area contributed by atoms with Crippen molar-refractivity contribution in [3.05, 3.63) is 0 Å². The Kier molecular flexibility index (Phi) is 4.07. The molecule has 0 aliphatic heterocycles. The largest absolute Gasteiger partial charge is 0.382 e. The highest BCUT2D eigenvalue weighted by Crippen LogP contribution is 2.81. The van der Waals surface area contributed by atoms with Crippen LogP contribution in [0.2, 0.25) is 0 Å². The third-order valence-corrected chi connectivity index (χ3v) is 6.51. The van der Waals surface area contributed by atoms with Gasteiger partial charge < -0.3 is 0 Å². The molecule has 5 unspecified atom stereocenters. The smallest absolute Gasteiger partial charge is 0.236 e. The van der Waals surface area contributed by atoms with E-state index in [1.807, 2.05) is 0 Å². The van der Waals surface area contributed by atoms with Crippen molar-refractivity contribution in [2.24, 2.45) is 0 Å². The molecule has 0 aromatic carbocycles. The molecule has 0 heterocycles. The molecule has 0 nitrogen and oxygen atoms in total. The van der Waals surface area contributed by atoms with Gasteiger partial charge >= 0.3 is 35.5 Å². The molecule has 0 amide bonds. The summed E-state index contributed by atoms with van der Waals surface area (Å²) in [5.41, 5.74) is -20.9. The molecule has 0 aromatic heterocycles. The molecule has 2 rings (SSSR count). The van der Waals surface area contributed by atoms with Crippen LogP contribution in [0.5, 0.6) is 0 Å². The van der Waals surface area contributed by atoms with E-state index in [1.54, 1.807) is 0 Å². The van der Waals surface area contributed by atoms with Crippen LogP contribution in [-0.2, 0) is 0 Å². The van der Waals surface area contributed by atoms with Gasteiger partial charge in [0.25, 0.3) is 11.3 Å². The Morgan fingerprint density at radius 3 is 0.929 bits per heavy atom. The van der Waals surface area contributed by atoms with Gasteiger partial charge in [-0.25, -0.2) is 22.0 Å². The van der Waals surface area contributed by atoms with E-state index >= 15 is 0 Å². The lowest BCUT2D eigenvalue weighted by atomic mass is 9.50. The summed E-state index contributed by atoms with van der Waals surface area (Å²) in [7, 11) is 0.353. The molecular weight excluding hydrogens is 460 g/mol. The van der Waals surface area contributed by atoms with Crippen LogP contribution in [0.4, 0.5) is 65.9 Å². The molecule has 2 aliphatic rings. The molecule has 0 radical (unpaired) electrons. The summed E-state index contributed by atoms with van der Waals surface area (Å²) in [6, 6.07) is 0. The first-order valence-corrected chi connectivity index (χ1v) is 7.45. The molecule has 0 aromatic rings. The molecule has 2 fully saturated rings. The van der Waals surface area contributed by atoms with E-state index in [2.05, 4.69) is 0 Å². The summed E-state index contributed by atoms with van der Waals surface area (Å²) >= 11 is 0. The lowest BCUT2D eigenvalue weighted by Gasteiger charge is -2.67. The second kappa shape index (κ2) is 4.82. The number of hydrogen-bond acceptors (Lipinski definition) is 0. The molecule has 0 bridgehead atoms. The zero-order valence-electron chi connectivity index (χ0n) is 13.2. The van der Waals surface area contributed by atoms with E-state index in [4.69, 9.17) is 0 Å². The van der Waals surface area contributed by atoms with Crippen LogP contribution < -0.4 is 0 Å². The first-order chi connectivity index (χ1) is 11.8. The van der Waals surface area contributed by atoms with Crippen molar-refractivity contribution < 1.29 is 65.9 Å². The number of fused-ring (bicyclic) bond motifs is 1. The molecule has 28 heavy (non-hydrogen) atoms. The summed E-state index contributed by atoms with van der Waals surface area (Å²) in [6.07, 6.45) is 0. The number of halogens is 15. The highest BCUT2D eigenvalue weighted by atomic mass is 31.0. The van der Waals surface area contributed by atoms with Crippen molar-refractivity contribution >= 4 is 9.24 Å². The van der Waals surface area contributed by atoms with E-state index in [0.29, 0.717) is 9.24 Å². The Morgan fingerprint density at radius 1 is 0.393 bits per heavy atom. The maximum absolute atomic E-state index is 14.8. The first-order valence-electron chi connectivity index (χ1n) is 6.87. The Morgan fingerprint density at radius 2 is 0.643 bits per heavy atom. The third kappa shape index (κ3) is 1.56. The van der Waals surface area contributed by atoms with Crippen LogP contribution in [0.25, 0.3) is 0 Å². The second-order valence-electron chi connectivity index (χ2n) is 6.97. The molecule has 0 N–H and O–H groups in total. The van der Waals surface area contributed by atoms with Gasteiger partial charge in [0.1, 0.15) is 0 Å². The maximum Gasteiger partial charge on any atom is 0.382 e. The van der Waals surface area contributed by atoms with Crippen LogP contribution in [0.15, 0.2) is 0 Å². The minimum atomic E-state index is -7.92. The number of hydrogen-bond donors (Lipinski definition) is 0. The standard InChI is InChI=1S/C12H8F15P/c1-3(13)4(2,28)8(18,19)6(15)5(14,7(3,16)17)9(20,21)11(24,25)12(26,27)10(6,22)23/h28H2,1-2H3. The van der Waals surface area contributed by atoms with Crippen LogP contribution in [0.1, 0.15) is 13.8 Å². The van der Waals surface area contributed by atoms with Crippen molar-refractivity contribution in [2.45, 2.75) is 71.5 Å². The molecule has 166 valence electrons. The summed E-state index contributed by atoms with van der Waals surface area (Å²) in [5.74, 6) is -45.3. The van der Waals surface area contributed by atoms with Gasteiger partial charge in [-0.05, 0) is 13.8 Å². The third-order valence-electron chi connectivity index (χ3n) is 5.61. The maximum atomic E-state index is 14.8. The summed E-state index contributed by atoms with van der Waals surface area (Å²) in [6.45, 7) is -1.26. The highest BCUT2D eigenvalue weighted by Gasteiger charge is 3.12. The van der Waals surface area contributed by atoms with Crippen molar-refractivity contribution in [3.8, 4) is 0 Å².